The number of halogens is 1. The molecule has 1 amide bonds. The first-order valence-electron chi connectivity index (χ1n) is 6.60. The molecule has 0 saturated carbocycles. The van der Waals surface area contributed by atoms with E-state index >= 15 is 0 Å². The van der Waals surface area contributed by atoms with Crippen LogP contribution < -0.4 is 5.73 Å². The minimum absolute atomic E-state index is 0. The van der Waals surface area contributed by atoms with Crippen molar-refractivity contribution in [3.8, 4) is 0 Å². The highest BCUT2D eigenvalue weighted by Crippen LogP contribution is 2.18. The second kappa shape index (κ2) is 6.40. The quantitative estimate of drug-likeness (QED) is 0.860. The van der Waals surface area contributed by atoms with Crippen molar-refractivity contribution in [3.63, 3.8) is 0 Å². The van der Waals surface area contributed by atoms with Gasteiger partial charge in [0, 0.05) is 24.7 Å². The molecule has 0 radical (unpaired) electrons. The van der Waals surface area contributed by atoms with E-state index in [2.05, 4.69) is 13.0 Å². The largest absolute Gasteiger partial charge is 0.338 e. The van der Waals surface area contributed by atoms with Gasteiger partial charge in [-0.1, -0.05) is 24.1 Å². The zero-order valence-electron chi connectivity index (χ0n) is 11.8. The van der Waals surface area contributed by atoms with Gasteiger partial charge in [-0.2, -0.15) is 0 Å². The molecule has 2 unspecified atom stereocenters. The van der Waals surface area contributed by atoms with Gasteiger partial charge in [-0.15, -0.1) is 12.4 Å². The summed E-state index contributed by atoms with van der Waals surface area (Å²) >= 11 is 0. The van der Waals surface area contributed by atoms with Crippen LogP contribution in [-0.4, -0.2) is 29.9 Å². The van der Waals surface area contributed by atoms with Crippen molar-refractivity contribution < 1.29 is 4.79 Å². The number of carbonyl (C=O) groups is 1. The van der Waals surface area contributed by atoms with E-state index in [4.69, 9.17) is 5.73 Å². The topological polar surface area (TPSA) is 46.3 Å². The summed E-state index contributed by atoms with van der Waals surface area (Å²) in [6.07, 6.45) is 0.901. The van der Waals surface area contributed by atoms with E-state index in [9.17, 15) is 4.79 Å². The van der Waals surface area contributed by atoms with Crippen LogP contribution in [0.2, 0.25) is 0 Å². The maximum absolute atomic E-state index is 12.4. The van der Waals surface area contributed by atoms with Gasteiger partial charge < -0.3 is 10.6 Å². The number of hydrogen-bond donors (Lipinski definition) is 1. The zero-order chi connectivity index (χ0) is 13.3. The van der Waals surface area contributed by atoms with Gasteiger partial charge in [0.15, 0.2) is 0 Å². The van der Waals surface area contributed by atoms with Gasteiger partial charge in [0.2, 0.25) is 0 Å². The Morgan fingerprint density at radius 1 is 1.26 bits per heavy atom. The van der Waals surface area contributed by atoms with E-state index in [0.29, 0.717) is 5.92 Å². The van der Waals surface area contributed by atoms with Crippen molar-refractivity contribution in [1.82, 2.24) is 4.90 Å². The molecule has 1 fully saturated rings. The van der Waals surface area contributed by atoms with Crippen LogP contribution in [0.25, 0.3) is 0 Å². The van der Waals surface area contributed by atoms with Crippen molar-refractivity contribution in [2.24, 2.45) is 11.7 Å². The average molecular weight is 283 g/mol. The maximum Gasteiger partial charge on any atom is 0.253 e. The minimum atomic E-state index is 0. The maximum atomic E-state index is 12.4. The molecule has 19 heavy (non-hydrogen) atoms. The molecule has 1 aliphatic rings. The number of benzene rings is 1. The molecule has 1 aromatic carbocycles. The summed E-state index contributed by atoms with van der Waals surface area (Å²) in [7, 11) is 0. The molecule has 0 aliphatic carbocycles. The lowest BCUT2D eigenvalue weighted by molar-refractivity contribution is 0.0664. The summed E-state index contributed by atoms with van der Waals surface area (Å²) < 4.78 is 0. The number of aryl methyl sites for hydroxylation is 2. The Labute approximate surface area is 121 Å². The van der Waals surface area contributed by atoms with Crippen LogP contribution in [0.3, 0.4) is 0 Å². The fourth-order valence-corrected chi connectivity index (χ4v) is 2.63. The summed E-state index contributed by atoms with van der Waals surface area (Å²) in [6, 6.07) is 6.25. The summed E-state index contributed by atoms with van der Waals surface area (Å²) in [4.78, 5) is 14.4. The van der Waals surface area contributed by atoms with Crippen molar-refractivity contribution >= 4 is 18.3 Å². The lowest BCUT2D eigenvalue weighted by Crippen LogP contribution is -2.48. The summed E-state index contributed by atoms with van der Waals surface area (Å²) in [5.74, 6) is 0.522. The molecule has 1 aliphatic heterocycles. The van der Waals surface area contributed by atoms with Crippen molar-refractivity contribution in [3.05, 3.63) is 34.9 Å². The first-order chi connectivity index (χ1) is 8.47. The van der Waals surface area contributed by atoms with Crippen LogP contribution in [0.1, 0.15) is 34.8 Å². The van der Waals surface area contributed by atoms with E-state index in [-0.39, 0.29) is 24.4 Å². The number of hydrogen-bond acceptors (Lipinski definition) is 2. The van der Waals surface area contributed by atoms with Crippen LogP contribution in [-0.2, 0) is 0 Å². The number of carbonyl (C=O) groups excluding carboxylic acids is 1. The summed E-state index contributed by atoms with van der Waals surface area (Å²) in [5, 5.41) is 0. The van der Waals surface area contributed by atoms with Crippen LogP contribution in [0.5, 0.6) is 0 Å². The molecule has 1 aromatic rings. The predicted molar refractivity (Wildman–Crippen MR) is 80.8 cm³/mol. The van der Waals surface area contributed by atoms with E-state index in [1.165, 1.54) is 0 Å². The van der Waals surface area contributed by atoms with E-state index < -0.39 is 0 Å². The van der Waals surface area contributed by atoms with E-state index in [1.807, 2.05) is 30.9 Å². The van der Waals surface area contributed by atoms with Crippen LogP contribution in [0, 0.1) is 19.8 Å². The molecule has 4 heteroatoms. The number of piperidine rings is 1. The molecule has 2 atom stereocenters. The molecule has 2 rings (SSSR count). The Morgan fingerprint density at radius 2 is 1.84 bits per heavy atom. The van der Waals surface area contributed by atoms with Gasteiger partial charge in [0.25, 0.3) is 5.91 Å². The van der Waals surface area contributed by atoms with Gasteiger partial charge in [0.1, 0.15) is 0 Å². The van der Waals surface area contributed by atoms with Gasteiger partial charge in [-0.25, -0.2) is 0 Å². The average Bonchev–Trinajstić information content (AvgIpc) is 2.30. The predicted octanol–water partition coefficient (Wildman–Crippen LogP) is 2.53. The third-order valence-corrected chi connectivity index (χ3v) is 3.73. The summed E-state index contributed by atoms with van der Waals surface area (Å²) in [6.45, 7) is 7.72. The summed E-state index contributed by atoms with van der Waals surface area (Å²) in [5.41, 5.74) is 9.07. The number of nitrogens with two attached hydrogens (primary N) is 1. The second-order valence-corrected chi connectivity index (χ2v) is 5.56. The second-order valence-electron chi connectivity index (χ2n) is 5.56. The van der Waals surface area contributed by atoms with Crippen molar-refractivity contribution in [2.45, 2.75) is 33.2 Å². The van der Waals surface area contributed by atoms with Gasteiger partial charge in [0.05, 0.1) is 0 Å². The number of rotatable bonds is 1. The number of nitrogens with zero attached hydrogens (tertiary/aromatic N) is 1. The number of likely N-dealkylation sites (tertiary alicyclic amines) is 1. The third kappa shape index (κ3) is 3.71. The van der Waals surface area contributed by atoms with Gasteiger partial charge in [-0.05, 0) is 38.3 Å². The highest BCUT2D eigenvalue weighted by Gasteiger charge is 2.26. The zero-order valence-corrected chi connectivity index (χ0v) is 12.7. The first kappa shape index (κ1) is 16.0. The molecule has 2 N–H and O–H groups in total. The monoisotopic (exact) mass is 282 g/mol. The smallest absolute Gasteiger partial charge is 0.253 e. The SMILES string of the molecule is Cc1cc(C)cc(C(=O)N2CCC(N)C(C)C2)c1.Cl. The minimum Gasteiger partial charge on any atom is -0.338 e. The molecular weight excluding hydrogens is 260 g/mol. The Bertz CT molecular complexity index is 441. The number of amides is 1. The molecule has 0 spiro atoms. The third-order valence-electron chi connectivity index (χ3n) is 3.73. The van der Waals surface area contributed by atoms with Crippen LogP contribution >= 0.6 is 12.4 Å². The van der Waals surface area contributed by atoms with Crippen molar-refractivity contribution in [1.29, 1.82) is 0 Å². The lowest BCUT2D eigenvalue weighted by Gasteiger charge is -2.35. The lowest BCUT2D eigenvalue weighted by atomic mass is 9.94. The first-order valence-corrected chi connectivity index (χ1v) is 6.60. The molecule has 1 saturated heterocycles. The molecule has 106 valence electrons. The molecule has 0 bridgehead atoms. The highest BCUT2D eigenvalue weighted by molar-refractivity contribution is 5.94. The Hall–Kier alpha value is -1.06. The van der Waals surface area contributed by atoms with Crippen molar-refractivity contribution in [2.75, 3.05) is 13.1 Å². The van der Waals surface area contributed by atoms with E-state index in [0.717, 1.165) is 36.2 Å². The fourth-order valence-electron chi connectivity index (χ4n) is 2.63. The Balaban J connectivity index is 0.00000180. The van der Waals surface area contributed by atoms with Crippen LogP contribution in [0.4, 0.5) is 0 Å². The van der Waals surface area contributed by atoms with Gasteiger partial charge >= 0.3 is 0 Å². The van der Waals surface area contributed by atoms with E-state index in [1.54, 1.807) is 0 Å². The highest BCUT2D eigenvalue weighted by atomic mass is 35.5. The van der Waals surface area contributed by atoms with Gasteiger partial charge in [-0.3, -0.25) is 4.79 Å². The normalized spacial score (nSPS) is 22.8. The molecule has 1 heterocycles. The molecular formula is C15H23ClN2O. The Kier molecular flexibility index (Phi) is 5.39. The molecule has 3 nitrogen and oxygen atoms in total. The van der Waals surface area contributed by atoms with Crippen LogP contribution in [0.15, 0.2) is 18.2 Å². The fraction of sp³-hybridized carbons (Fsp3) is 0.533. The molecule has 0 aromatic heterocycles. The Morgan fingerprint density at radius 3 is 2.37 bits per heavy atom. The standard InChI is InChI=1S/C15H22N2O.ClH/c1-10-6-11(2)8-13(7-10)15(18)17-5-4-14(16)12(3)9-17;/h6-8,12,14H,4-5,9,16H2,1-3H3;1H.